The van der Waals surface area contributed by atoms with E-state index in [1.807, 2.05) is 35.6 Å². The van der Waals surface area contributed by atoms with Crippen molar-refractivity contribution in [3.63, 3.8) is 0 Å². The summed E-state index contributed by atoms with van der Waals surface area (Å²) in [6.45, 7) is 1.97. The number of nitrogens with zero attached hydrogens (tertiary/aromatic N) is 2. The van der Waals surface area contributed by atoms with Gasteiger partial charge < -0.3 is 9.51 Å². The lowest BCUT2D eigenvalue weighted by Crippen LogP contribution is -1.97. The number of hydrogen-bond donors (Lipinski definition) is 1. The molecule has 0 bridgehead atoms. The number of hydrogen-bond acceptors (Lipinski definition) is 2. The summed E-state index contributed by atoms with van der Waals surface area (Å²) in [7, 11) is 0. The standard InChI is InChI=1S/C15H11BrN2O2/c1-9-14(10-3-2-4-12(16)7-10)17-13-8-11(15(19)20)5-6-18(9)13/h2-8H,1H3,(H,19,20). The van der Waals surface area contributed by atoms with Gasteiger partial charge in [0.15, 0.2) is 0 Å². The molecule has 0 radical (unpaired) electrons. The molecule has 4 nitrogen and oxygen atoms in total. The van der Waals surface area contributed by atoms with E-state index < -0.39 is 5.97 Å². The van der Waals surface area contributed by atoms with Crippen LogP contribution in [-0.2, 0) is 0 Å². The molecular formula is C15H11BrN2O2. The van der Waals surface area contributed by atoms with Crippen LogP contribution in [0.5, 0.6) is 0 Å². The molecule has 0 amide bonds. The minimum atomic E-state index is -0.947. The first-order valence-corrected chi connectivity index (χ1v) is 6.83. The summed E-state index contributed by atoms with van der Waals surface area (Å²) < 4.78 is 2.88. The quantitative estimate of drug-likeness (QED) is 0.778. The summed E-state index contributed by atoms with van der Waals surface area (Å²) in [4.78, 5) is 15.6. The van der Waals surface area contributed by atoms with Crippen LogP contribution in [0, 0.1) is 6.92 Å². The Morgan fingerprint density at radius 1 is 1.30 bits per heavy atom. The van der Waals surface area contributed by atoms with Crippen LogP contribution in [0.3, 0.4) is 0 Å². The molecular weight excluding hydrogens is 320 g/mol. The highest BCUT2D eigenvalue weighted by atomic mass is 79.9. The van der Waals surface area contributed by atoms with Crippen molar-refractivity contribution < 1.29 is 9.90 Å². The molecule has 3 rings (SSSR count). The predicted molar refractivity (Wildman–Crippen MR) is 80.0 cm³/mol. The summed E-state index contributed by atoms with van der Waals surface area (Å²) in [5.74, 6) is -0.947. The molecule has 0 aliphatic heterocycles. The first kappa shape index (κ1) is 12.9. The van der Waals surface area contributed by atoms with Gasteiger partial charge in [-0.2, -0.15) is 0 Å². The van der Waals surface area contributed by atoms with Gasteiger partial charge in [0.25, 0.3) is 0 Å². The zero-order valence-corrected chi connectivity index (χ0v) is 12.3. The Morgan fingerprint density at radius 2 is 2.10 bits per heavy atom. The third-order valence-electron chi connectivity index (χ3n) is 3.21. The molecule has 0 atom stereocenters. The Bertz CT molecular complexity index is 824. The molecule has 0 saturated heterocycles. The highest BCUT2D eigenvalue weighted by molar-refractivity contribution is 9.10. The molecule has 3 aromatic rings. The van der Waals surface area contributed by atoms with Crippen LogP contribution in [0.15, 0.2) is 47.1 Å². The number of aromatic nitrogens is 2. The van der Waals surface area contributed by atoms with Gasteiger partial charge in [-0.15, -0.1) is 0 Å². The van der Waals surface area contributed by atoms with E-state index in [1.54, 1.807) is 18.3 Å². The number of aryl methyl sites for hydroxylation is 1. The van der Waals surface area contributed by atoms with Crippen molar-refractivity contribution in [1.29, 1.82) is 0 Å². The topological polar surface area (TPSA) is 54.6 Å². The van der Waals surface area contributed by atoms with Gasteiger partial charge in [-0.25, -0.2) is 9.78 Å². The van der Waals surface area contributed by atoms with E-state index >= 15 is 0 Å². The lowest BCUT2D eigenvalue weighted by molar-refractivity contribution is 0.0697. The van der Waals surface area contributed by atoms with E-state index in [0.29, 0.717) is 5.65 Å². The van der Waals surface area contributed by atoms with Crippen molar-refractivity contribution in [2.45, 2.75) is 6.92 Å². The second-order valence-electron chi connectivity index (χ2n) is 4.50. The van der Waals surface area contributed by atoms with E-state index in [9.17, 15) is 4.79 Å². The minimum Gasteiger partial charge on any atom is -0.478 e. The third-order valence-corrected chi connectivity index (χ3v) is 3.70. The number of halogens is 1. The average molecular weight is 331 g/mol. The van der Waals surface area contributed by atoms with Crippen LogP contribution in [0.1, 0.15) is 16.1 Å². The summed E-state index contributed by atoms with van der Waals surface area (Å²) >= 11 is 3.45. The zero-order chi connectivity index (χ0) is 14.3. The van der Waals surface area contributed by atoms with Gasteiger partial charge in [-0.1, -0.05) is 28.1 Å². The van der Waals surface area contributed by atoms with Gasteiger partial charge >= 0.3 is 5.97 Å². The largest absolute Gasteiger partial charge is 0.478 e. The molecule has 1 N–H and O–H groups in total. The molecule has 20 heavy (non-hydrogen) atoms. The summed E-state index contributed by atoms with van der Waals surface area (Å²) in [5.41, 5.74) is 3.71. The maximum absolute atomic E-state index is 11.0. The molecule has 2 heterocycles. The third kappa shape index (κ3) is 2.10. The van der Waals surface area contributed by atoms with Crippen LogP contribution >= 0.6 is 15.9 Å². The van der Waals surface area contributed by atoms with E-state index in [4.69, 9.17) is 5.11 Å². The summed E-state index contributed by atoms with van der Waals surface area (Å²) in [6.07, 6.45) is 1.74. The fraction of sp³-hybridized carbons (Fsp3) is 0.0667. The molecule has 0 fully saturated rings. The van der Waals surface area contributed by atoms with E-state index in [1.165, 1.54) is 0 Å². The second kappa shape index (κ2) is 4.76. The molecule has 0 unspecified atom stereocenters. The van der Waals surface area contributed by atoms with Gasteiger partial charge in [0.2, 0.25) is 0 Å². The second-order valence-corrected chi connectivity index (χ2v) is 5.42. The molecule has 0 aliphatic carbocycles. The van der Waals surface area contributed by atoms with Gasteiger partial charge in [-0.05, 0) is 31.2 Å². The number of pyridine rings is 1. The number of imidazole rings is 1. The Hall–Kier alpha value is -2.14. The number of carbonyl (C=O) groups is 1. The van der Waals surface area contributed by atoms with Crippen LogP contribution in [0.4, 0.5) is 0 Å². The maximum atomic E-state index is 11.0. The van der Waals surface area contributed by atoms with E-state index in [2.05, 4.69) is 20.9 Å². The van der Waals surface area contributed by atoms with Gasteiger partial charge in [-0.3, -0.25) is 0 Å². The van der Waals surface area contributed by atoms with Crippen molar-refractivity contribution in [3.8, 4) is 11.3 Å². The van der Waals surface area contributed by atoms with E-state index in [0.717, 1.165) is 21.4 Å². The van der Waals surface area contributed by atoms with Crippen molar-refractivity contribution >= 4 is 27.5 Å². The molecule has 100 valence electrons. The number of carboxylic acid groups (broad SMARTS) is 1. The molecule has 0 saturated carbocycles. The van der Waals surface area contributed by atoms with Crippen LogP contribution < -0.4 is 0 Å². The predicted octanol–water partition coefficient (Wildman–Crippen LogP) is 3.77. The minimum absolute atomic E-state index is 0.239. The van der Waals surface area contributed by atoms with Gasteiger partial charge in [0, 0.05) is 21.9 Å². The molecule has 2 aromatic heterocycles. The van der Waals surface area contributed by atoms with Crippen molar-refractivity contribution in [3.05, 3.63) is 58.3 Å². The van der Waals surface area contributed by atoms with Crippen molar-refractivity contribution in [2.75, 3.05) is 0 Å². The monoisotopic (exact) mass is 330 g/mol. The van der Waals surface area contributed by atoms with Gasteiger partial charge in [0.05, 0.1) is 11.3 Å². The summed E-state index contributed by atoms with van der Waals surface area (Å²) in [5, 5.41) is 9.03. The van der Waals surface area contributed by atoms with Crippen molar-refractivity contribution in [1.82, 2.24) is 9.38 Å². The van der Waals surface area contributed by atoms with Crippen LogP contribution in [0.25, 0.3) is 16.9 Å². The SMILES string of the molecule is Cc1c(-c2cccc(Br)c2)nc2cc(C(=O)O)ccn12. The number of fused-ring (bicyclic) bond motifs is 1. The number of carboxylic acids is 1. The fourth-order valence-electron chi connectivity index (χ4n) is 2.21. The first-order valence-electron chi connectivity index (χ1n) is 6.04. The smallest absolute Gasteiger partial charge is 0.335 e. The lowest BCUT2D eigenvalue weighted by Gasteiger charge is -2.00. The van der Waals surface area contributed by atoms with E-state index in [-0.39, 0.29) is 5.56 Å². The highest BCUT2D eigenvalue weighted by Gasteiger charge is 2.12. The molecule has 0 spiro atoms. The maximum Gasteiger partial charge on any atom is 0.335 e. The number of rotatable bonds is 2. The molecule has 1 aromatic carbocycles. The van der Waals surface area contributed by atoms with Crippen molar-refractivity contribution in [2.24, 2.45) is 0 Å². The van der Waals surface area contributed by atoms with Crippen LogP contribution in [-0.4, -0.2) is 20.5 Å². The Kier molecular flexibility index (Phi) is 3.06. The Labute approximate surface area is 123 Å². The summed E-state index contributed by atoms with van der Waals surface area (Å²) in [6, 6.07) is 11.0. The number of benzene rings is 1. The van der Waals surface area contributed by atoms with Crippen LogP contribution in [0.2, 0.25) is 0 Å². The Balaban J connectivity index is 2.22. The average Bonchev–Trinajstić information content (AvgIpc) is 2.75. The molecule has 5 heteroatoms. The van der Waals surface area contributed by atoms with Gasteiger partial charge in [0.1, 0.15) is 5.65 Å². The first-order chi connectivity index (χ1) is 9.56. The fourth-order valence-corrected chi connectivity index (χ4v) is 2.61. The number of aromatic carboxylic acids is 1. The normalized spacial score (nSPS) is 10.9. The zero-order valence-electron chi connectivity index (χ0n) is 10.7. The highest BCUT2D eigenvalue weighted by Crippen LogP contribution is 2.26. The molecule has 0 aliphatic rings. The Morgan fingerprint density at radius 3 is 2.80 bits per heavy atom. The lowest BCUT2D eigenvalue weighted by atomic mass is 10.1.